The lowest BCUT2D eigenvalue weighted by Gasteiger charge is -2.36. The Bertz CT molecular complexity index is 1060. The van der Waals surface area contributed by atoms with Gasteiger partial charge in [0.05, 0.1) is 14.2 Å². The summed E-state index contributed by atoms with van der Waals surface area (Å²) in [7, 11) is 2.62. The number of pyridine rings is 1. The number of aldehydes is 1. The summed E-state index contributed by atoms with van der Waals surface area (Å²) in [5.41, 5.74) is 1.95. The molecule has 9 nitrogen and oxygen atoms in total. The molecular weight excluding hydrogens is 524 g/mol. The summed E-state index contributed by atoms with van der Waals surface area (Å²) in [6.45, 7) is 5.08. The van der Waals surface area contributed by atoms with Crippen molar-refractivity contribution in [2.45, 2.75) is 84.8 Å². The van der Waals surface area contributed by atoms with Gasteiger partial charge in [0.2, 0.25) is 11.8 Å². The van der Waals surface area contributed by atoms with E-state index in [1.165, 1.54) is 26.4 Å². The number of halogens is 2. The molecule has 1 aromatic carbocycles. The van der Waals surface area contributed by atoms with Crippen molar-refractivity contribution in [1.29, 1.82) is 0 Å². The smallest absolute Gasteiger partial charge is 0.388 e. The van der Waals surface area contributed by atoms with Gasteiger partial charge in [0.15, 0.2) is 0 Å². The van der Waals surface area contributed by atoms with Crippen LogP contribution in [0, 0.1) is 0 Å². The van der Waals surface area contributed by atoms with E-state index in [-0.39, 0.29) is 35.8 Å². The van der Waals surface area contributed by atoms with Crippen molar-refractivity contribution >= 4 is 29.7 Å². The van der Waals surface area contributed by atoms with E-state index in [0.29, 0.717) is 6.29 Å². The fraction of sp³-hybridized carbons (Fsp3) is 0.517. The average molecular weight is 566 g/mol. The summed E-state index contributed by atoms with van der Waals surface area (Å²) in [6.07, 6.45) is 5.38. The van der Waals surface area contributed by atoms with Gasteiger partial charge in [0, 0.05) is 17.8 Å². The highest BCUT2D eigenvalue weighted by molar-refractivity contribution is 6.03. The zero-order chi connectivity index (χ0) is 30.1. The predicted molar refractivity (Wildman–Crippen MR) is 150 cm³/mol. The summed E-state index contributed by atoms with van der Waals surface area (Å²) in [5.74, 6) is -0.545. The van der Waals surface area contributed by atoms with E-state index in [1.54, 1.807) is 4.90 Å². The number of amides is 2. The molecule has 0 bridgehead atoms. The minimum absolute atomic E-state index is 0.0272. The van der Waals surface area contributed by atoms with Crippen LogP contribution >= 0.6 is 0 Å². The topological polar surface area (TPSA) is 107 Å². The number of hydrogen-bond acceptors (Lipinski definition) is 7. The maximum atomic E-state index is 13.5. The van der Waals surface area contributed by atoms with Gasteiger partial charge in [0.25, 0.3) is 0 Å². The van der Waals surface area contributed by atoms with Crippen LogP contribution in [0.4, 0.5) is 25.0 Å². The van der Waals surface area contributed by atoms with Gasteiger partial charge in [-0.15, -0.1) is 0 Å². The molecule has 11 heteroatoms. The standard InChI is InChI=1S/C23H29F2N3O3.C4H6O3.C2H6/c1-15(2)17-11-7-8-12-19(17)28(16-9-5-4-6-10-16)23(29)26-18-13-14-20(30-3)27-21(18)31-22(24)25;1-7-4(6)2-3-5;1-2/h7-8,11-16,22H,4-6,9-10H2,1-3H3,(H,26,29);3H,2H2,1H3;1-2H3. The van der Waals surface area contributed by atoms with Gasteiger partial charge in [-0.1, -0.05) is 65.2 Å². The van der Waals surface area contributed by atoms with E-state index in [9.17, 15) is 23.2 Å². The van der Waals surface area contributed by atoms with Crippen molar-refractivity contribution in [1.82, 2.24) is 4.98 Å². The van der Waals surface area contributed by atoms with Crippen LogP contribution in [-0.4, -0.2) is 50.1 Å². The summed E-state index contributed by atoms with van der Waals surface area (Å²) in [4.78, 5) is 38.6. The minimum atomic E-state index is -3.08. The van der Waals surface area contributed by atoms with Crippen LogP contribution in [0.3, 0.4) is 0 Å². The second kappa shape index (κ2) is 18.5. The summed E-state index contributed by atoms with van der Waals surface area (Å²) < 4.78 is 39.4. The number of methoxy groups -OCH3 is 2. The number of alkyl halides is 2. The highest BCUT2D eigenvalue weighted by Gasteiger charge is 2.30. The predicted octanol–water partition coefficient (Wildman–Crippen LogP) is 6.96. The van der Waals surface area contributed by atoms with E-state index in [1.807, 2.05) is 38.1 Å². The van der Waals surface area contributed by atoms with Gasteiger partial charge in [-0.25, -0.2) is 4.79 Å². The van der Waals surface area contributed by atoms with E-state index in [4.69, 9.17) is 4.74 Å². The summed E-state index contributed by atoms with van der Waals surface area (Å²) >= 11 is 0. The summed E-state index contributed by atoms with van der Waals surface area (Å²) in [5, 5.41) is 2.74. The first kappa shape index (κ1) is 34.3. The molecule has 1 aromatic heterocycles. The molecule has 0 unspecified atom stereocenters. The first-order valence-electron chi connectivity index (χ1n) is 13.4. The Morgan fingerprint density at radius 3 is 2.25 bits per heavy atom. The van der Waals surface area contributed by atoms with Crippen LogP contribution in [0.15, 0.2) is 36.4 Å². The number of urea groups is 1. The highest BCUT2D eigenvalue weighted by atomic mass is 19.3. The van der Waals surface area contributed by atoms with Crippen molar-refractivity contribution in [2.24, 2.45) is 0 Å². The van der Waals surface area contributed by atoms with Crippen molar-refractivity contribution in [3.05, 3.63) is 42.0 Å². The third-order valence-corrected chi connectivity index (χ3v) is 5.94. The SMILES string of the molecule is CC.COC(=O)CC=O.COc1ccc(NC(=O)N(c2ccccc2C(C)C)C2CCCCC2)c(OC(F)F)n1. The van der Waals surface area contributed by atoms with Crippen molar-refractivity contribution in [3.8, 4) is 11.8 Å². The van der Waals surface area contributed by atoms with E-state index in [0.717, 1.165) is 43.4 Å². The van der Waals surface area contributed by atoms with Crippen molar-refractivity contribution < 1.29 is 37.4 Å². The molecule has 1 aliphatic rings. The van der Waals surface area contributed by atoms with Gasteiger partial charge in [-0.3, -0.25) is 9.69 Å². The van der Waals surface area contributed by atoms with Crippen LogP contribution in [-0.2, 0) is 14.3 Å². The van der Waals surface area contributed by atoms with E-state index >= 15 is 0 Å². The Morgan fingerprint density at radius 2 is 1.73 bits per heavy atom. The first-order valence-corrected chi connectivity index (χ1v) is 13.4. The lowest BCUT2D eigenvalue weighted by molar-refractivity contribution is -0.141. The molecule has 3 rings (SSSR count). The van der Waals surface area contributed by atoms with Gasteiger partial charge in [-0.2, -0.15) is 13.8 Å². The molecule has 1 heterocycles. The fourth-order valence-electron chi connectivity index (χ4n) is 4.14. The van der Waals surface area contributed by atoms with Crippen molar-refractivity contribution in [3.63, 3.8) is 0 Å². The molecular formula is C29H41F2N3O6. The Kier molecular flexibility index (Phi) is 15.9. The van der Waals surface area contributed by atoms with Gasteiger partial charge in [-0.05, 0) is 36.5 Å². The number of nitrogens with zero attached hydrogens (tertiary/aromatic N) is 2. The van der Waals surface area contributed by atoms with Gasteiger partial charge >= 0.3 is 18.6 Å². The molecule has 0 atom stereocenters. The number of carbonyl (C=O) groups is 3. The number of carbonyl (C=O) groups excluding carboxylic acids is 3. The monoisotopic (exact) mass is 565 g/mol. The zero-order valence-electron chi connectivity index (χ0n) is 24.1. The second-order valence-electron chi connectivity index (χ2n) is 8.84. The second-order valence-corrected chi connectivity index (χ2v) is 8.84. The number of aromatic nitrogens is 1. The molecule has 2 amide bonds. The first-order chi connectivity index (χ1) is 19.2. The number of hydrogen-bond donors (Lipinski definition) is 1. The lowest BCUT2D eigenvalue weighted by Crippen LogP contribution is -2.44. The van der Waals surface area contributed by atoms with E-state index < -0.39 is 18.6 Å². The average Bonchev–Trinajstić information content (AvgIpc) is 2.96. The Balaban J connectivity index is 0.000000775. The molecule has 222 valence electrons. The molecule has 1 N–H and O–H groups in total. The van der Waals surface area contributed by atoms with Gasteiger partial charge < -0.3 is 24.3 Å². The number of esters is 1. The number of ether oxygens (including phenoxy) is 3. The fourth-order valence-corrected chi connectivity index (χ4v) is 4.14. The van der Waals surface area contributed by atoms with Crippen LogP contribution < -0.4 is 19.7 Å². The third kappa shape index (κ3) is 10.8. The van der Waals surface area contributed by atoms with E-state index in [2.05, 4.69) is 33.6 Å². The number of benzene rings is 1. The number of rotatable bonds is 9. The van der Waals surface area contributed by atoms with Gasteiger partial charge in [0.1, 0.15) is 18.4 Å². The largest absolute Gasteiger partial charge is 0.481 e. The highest BCUT2D eigenvalue weighted by Crippen LogP contribution is 2.34. The normalized spacial score (nSPS) is 12.8. The number of para-hydroxylation sites is 1. The lowest BCUT2D eigenvalue weighted by atomic mass is 9.92. The molecule has 0 saturated heterocycles. The molecule has 1 saturated carbocycles. The molecule has 0 aliphatic heterocycles. The van der Waals surface area contributed by atoms with Crippen LogP contribution in [0.2, 0.25) is 0 Å². The molecule has 0 spiro atoms. The zero-order valence-corrected chi connectivity index (χ0v) is 24.1. The third-order valence-electron chi connectivity index (χ3n) is 5.94. The molecule has 1 aliphatic carbocycles. The molecule has 2 aromatic rings. The summed E-state index contributed by atoms with van der Waals surface area (Å²) in [6, 6.07) is 10.4. The van der Waals surface area contributed by atoms with Crippen LogP contribution in [0.1, 0.15) is 77.7 Å². The molecule has 40 heavy (non-hydrogen) atoms. The number of anilines is 2. The maximum Gasteiger partial charge on any atom is 0.388 e. The molecule has 0 radical (unpaired) electrons. The Labute approximate surface area is 235 Å². The minimum Gasteiger partial charge on any atom is -0.481 e. The Morgan fingerprint density at radius 1 is 1.07 bits per heavy atom. The molecule has 1 fully saturated rings. The van der Waals surface area contributed by atoms with Crippen LogP contribution in [0.25, 0.3) is 0 Å². The Hall–Kier alpha value is -3.76. The van der Waals surface area contributed by atoms with Crippen LogP contribution in [0.5, 0.6) is 11.8 Å². The quantitative estimate of drug-likeness (QED) is 0.199. The van der Waals surface area contributed by atoms with Crippen molar-refractivity contribution in [2.75, 3.05) is 24.4 Å². The number of nitrogens with one attached hydrogen (secondary N) is 1. The maximum absolute atomic E-state index is 13.5.